The van der Waals surface area contributed by atoms with Gasteiger partial charge < -0.3 is 10.1 Å². The molecule has 0 saturated carbocycles. The van der Waals surface area contributed by atoms with E-state index < -0.39 is 0 Å². The van der Waals surface area contributed by atoms with Crippen molar-refractivity contribution in [2.45, 2.75) is 44.9 Å². The Kier molecular flexibility index (Phi) is 6.02. The second kappa shape index (κ2) is 7.77. The molecule has 3 unspecified atom stereocenters. The number of nitrogens with zero attached hydrogens (tertiary/aromatic N) is 1. The van der Waals surface area contributed by atoms with Gasteiger partial charge in [-0.15, -0.1) is 0 Å². The van der Waals surface area contributed by atoms with Gasteiger partial charge in [-0.2, -0.15) is 0 Å². The van der Waals surface area contributed by atoms with Crippen LogP contribution in [0.2, 0.25) is 0 Å². The predicted octanol–water partition coefficient (Wildman–Crippen LogP) is 2.84. The summed E-state index contributed by atoms with van der Waals surface area (Å²) >= 11 is 0. The Bertz CT molecular complexity index is 376. The molecule has 1 N–H and O–H groups in total. The first-order chi connectivity index (χ1) is 9.72. The Labute approximate surface area is 123 Å². The molecule has 1 fully saturated rings. The van der Waals surface area contributed by atoms with E-state index in [1.54, 1.807) is 7.11 Å². The zero-order valence-electron chi connectivity index (χ0n) is 13.0. The monoisotopic (exact) mass is 276 g/mol. The summed E-state index contributed by atoms with van der Waals surface area (Å²) in [6.07, 6.45) is 2.89. The standard InChI is InChI=1S/C17H28N2O/c1-14(15(2)20-3)18-13-17(19-11-7-8-12-19)16-9-5-4-6-10-16/h4-6,9-10,14-15,17-18H,7-8,11-13H2,1-3H3. The molecule has 112 valence electrons. The fraction of sp³-hybridized carbons (Fsp3) is 0.647. The van der Waals surface area contributed by atoms with Crippen LogP contribution < -0.4 is 5.32 Å². The van der Waals surface area contributed by atoms with Crippen molar-refractivity contribution in [1.29, 1.82) is 0 Å². The van der Waals surface area contributed by atoms with Crippen molar-refractivity contribution < 1.29 is 4.74 Å². The van der Waals surface area contributed by atoms with Crippen LogP contribution >= 0.6 is 0 Å². The van der Waals surface area contributed by atoms with E-state index in [1.165, 1.54) is 31.5 Å². The van der Waals surface area contributed by atoms with Crippen LogP contribution in [0.5, 0.6) is 0 Å². The minimum Gasteiger partial charge on any atom is -0.380 e. The highest BCUT2D eigenvalue weighted by molar-refractivity contribution is 5.19. The lowest BCUT2D eigenvalue weighted by Gasteiger charge is -2.30. The van der Waals surface area contributed by atoms with Crippen molar-refractivity contribution in [3.63, 3.8) is 0 Å². The van der Waals surface area contributed by atoms with Crippen molar-refractivity contribution in [1.82, 2.24) is 10.2 Å². The van der Waals surface area contributed by atoms with Crippen LogP contribution in [0.25, 0.3) is 0 Å². The molecule has 0 bridgehead atoms. The zero-order valence-corrected chi connectivity index (χ0v) is 13.0. The van der Waals surface area contributed by atoms with Gasteiger partial charge in [0.05, 0.1) is 6.10 Å². The summed E-state index contributed by atoms with van der Waals surface area (Å²) < 4.78 is 5.40. The van der Waals surface area contributed by atoms with Crippen molar-refractivity contribution >= 4 is 0 Å². The third-order valence-electron chi connectivity index (χ3n) is 4.47. The third kappa shape index (κ3) is 4.05. The van der Waals surface area contributed by atoms with Gasteiger partial charge in [-0.3, -0.25) is 4.90 Å². The number of nitrogens with one attached hydrogen (secondary N) is 1. The van der Waals surface area contributed by atoms with E-state index in [4.69, 9.17) is 4.74 Å². The molecule has 0 radical (unpaired) electrons. The molecule has 20 heavy (non-hydrogen) atoms. The molecule has 1 aromatic rings. The molecule has 1 aromatic carbocycles. The Morgan fingerprint density at radius 2 is 1.80 bits per heavy atom. The lowest BCUT2D eigenvalue weighted by Crippen LogP contribution is -2.42. The van der Waals surface area contributed by atoms with Crippen LogP contribution in [0, 0.1) is 0 Å². The summed E-state index contributed by atoms with van der Waals surface area (Å²) in [6.45, 7) is 7.73. The minimum absolute atomic E-state index is 0.241. The van der Waals surface area contributed by atoms with Gasteiger partial charge in [0, 0.05) is 25.7 Å². The third-order valence-corrected chi connectivity index (χ3v) is 4.47. The molecule has 3 nitrogen and oxygen atoms in total. The van der Waals surface area contributed by atoms with E-state index in [9.17, 15) is 0 Å². The summed E-state index contributed by atoms with van der Waals surface area (Å²) in [6, 6.07) is 11.7. The van der Waals surface area contributed by atoms with Gasteiger partial charge in [-0.25, -0.2) is 0 Å². The molecular weight excluding hydrogens is 248 g/mol. The van der Waals surface area contributed by atoms with Gasteiger partial charge in [0.25, 0.3) is 0 Å². The summed E-state index contributed by atoms with van der Waals surface area (Å²) in [5.74, 6) is 0. The van der Waals surface area contributed by atoms with E-state index in [1.807, 2.05) is 0 Å². The van der Waals surface area contributed by atoms with E-state index in [0.717, 1.165) is 6.54 Å². The molecular formula is C17H28N2O. The molecule has 1 aliphatic rings. The average molecular weight is 276 g/mol. The summed E-state index contributed by atoms with van der Waals surface area (Å²) in [5, 5.41) is 3.64. The van der Waals surface area contributed by atoms with E-state index >= 15 is 0 Å². The van der Waals surface area contributed by atoms with E-state index in [2.05, 4.69) is 54.4 Å². The highest BCUT2D eigenvalue weighted by atomic mass is 16.5. The van der Waals surface area contributed by atoms with E-state index in [0.29, 0.717) is 12.1 Å². The lowest BCUT2D eigenvalue weighted by atomic mass is 10.0. The van der Waals surface area contributed by atoms with Gasteiger partial charge in [-0.1, -0.05) is 30.3 Å². The predicted molar refractivity (Wildman–Crippen MR) is 83.9 cm³/mol. The second-order valence-electron chi connectivity index (χ2n) is 5.81. The average Bonchev–Trinajstić information content (AvgIpc) is 3.01. The lowest BCUT2D eigenvalue weighted by molar-refractivity contribution is 0.0850. The Morgan fingerprint density at radius 1 is 1.15 bits per heavy atom. The highest BCUT2D eigenvalue weighted by Crippen LogP contribution is 2.24. The fourth-order valence-electron chi connectivity index (χ4n) is 2.85. The SMILES string of the molecule is COC(C)C(C)NCC(c1ccccc1)N1CCCC1. The van der Waals surface area contributed by atoms with Crippen molar-refractivity contribution in [3.05, 3.63) is 35.9 Å². The van der Waals surface area contributed by atoms with Crippen LogP contribution in [0.3, 0.4) is 0 Å². The molecule has 1 saturated heterocycles. The fourth-order valence-corrected chi connectivity index (χ4v) is 2.85. The molecule has 0 amide bonds. The number of hydrogen-bond acceptors (Lipinski definition) is 3. The first-order valence-electron chi connectivity index (χ1n) is 7.77. The maximum Gasteiger partial charge on any atom is 0.0693 e. The Balaban J connectivity index is 2.00. The summed E-state index contributed by atoms with van der Waals surface area (Å²) in [4.78, 5) is 2.60. The number of methoxy groups -OCH3 is 1. The summed E-state index contributed by atoms with van der Waals surface area (Å²) in [5.41, 5.74) is 1.42. The topological polar surface area (TPSA) is 24.5 Å². The van der Waals surface area contributed by atoms with Crippen molar-refractivity contribution in [3.8, 4) is 0 Å². The molecule has 0 aliphatic carbocycles. The number of benzene rings is 1. The van der Waals surface area contributed by atoms with Gasteiger partial charge in [-0.05, 0) is 45.3 Å². The molecule has 3 heteroatoms. The number of rotatable bonds is 7. The minimum atomic E-state index is 0.241. The van der Waals surface area contributed by atoms with Crippen LogP contribution in [0.1, 0.15) is 38.3 Å². The number of ether oxygens (including phenoxy) is 1. The molecule has 3 atom stereocenters. The number of hydrogen-bond donors (Lipinski definition) is 1. The van der Waals surface area contributed by atoms with Crippen LogP contribution in [0.4, 0.5) is 0 Å². The molecule has 0 spiro atoms. The van der Waals surface area contributed by atoms with Crippen molar-refractivity contribution in [2.24, 2.45) is 0 Å². The van der Waals surface area contributed by atoms with Gasteiger partial charge in [0.2, 0.25) is 0 Å². The Hall–Kier alpha value is -0.900. The maximum absolute atomic E-state index is 5.40. The second-order valence-corrected chi connectivity index (χ2v) is 5.81. The van der Waals surface area contributed by atoms with E-state index in [-0.39, 0.29) is 6.10 Å². The molecule has 0 aromatic heterocycles. The first-order valence-corrected chi connectivity index (χ1v) is 7.77. The summed E-state index contributed by atoms with van der Waals surface area (Å²) in [7, 11) is 1.78. The zero-order chi connectivity index (χ0) is 14.4. The highest BCUT2D eigenvalue weighted by Gasteiger charge is 2.24. The van der Waals surface area contributed by atoms with Crippen LogP contribution in [-0.2, 0) is 4.74 Å². The number of likely N-dealkylation sites (tertiary alicyclic amines) is 1. The smallest absolute Gasteiger partial charge is 0.0693 e. The molecule has 1 aliphatic heterocycles. The Morgan fingerprint density at radius 3 is 2.40 bits per heavy atom. The van der Waals surface area contributed by atoms with Crippen LogP contribution in [-0.4, -0.2) is 43.8 Å². The molecule has 2 rings (SSSR count). The van der Waals surface area contributed by atoms with Gasteiger partial charge in [0.1, 0.15) is 0 Å². The van der Waals surface area contributed by atoms with Crippen molar-refractivity contribution in [2.75, 3.05) is 26.7 Å². The van der Waals surface area contributed by atoms with Crippen LogP contribution in [0.15, 0.2) is 30.3 Å². The largest absolute Gasteiger partial charge is 0.380 e. The van der Waals surface area contributed by atoms with Gasteiger partial charge in [0.15, 0.2) is 0 Å². The maximum atomic E-state index is 5.40. The first kappa shape index (κ1) is 15.5. The normalized spacial score (nSPS) is 20.8. The van der Waals surface area contributed by atoms with Gasteiger partial charge >= 0.3 is 0 Å². The molecule has 1 heterocycles. The quantitative estimate of drug-likeness (QED) is 0.829.